The number of nitro groups is 2. The van der Waals surface area contributed by atoms with Crippen LogP contribution in [0.1, 0.15) is 13.3 Å². The normalized spacial score (nSPS) is 10.2. The number of hydrogen-bond acceptors (Lipinski definition) is 5. The van der Waals surface area contributed by atoms with E-state index in [1.807, 2.05) is 0 Å². The second kappa shape index (κ2) is 5.42. The molecule has 0 aromatic rings. The third-order valence-electron chi connectivity index (χ3n) is 1.21. The number of nitrogens with zero attached hydrogens (tertiary/aromatic N) is 2. The molecule has 0 rings (SSSR count). The summed E-state index contributed by atoms with van der Waals surface area (Å²) in [6.45, 7) is 2.17. The molecule has 70 valence electrons. The predicted octanol–water partition coefficient (Wildman–Crippen LogP) is 0.292. The minimum Gasteiger partial charge on any atom is -0.381 e. The van der Waals surface area contributed by atoms with E-state index in [0.717, 1.165) is 0 Å². The van der Waals surface area contributed by atoms with Gasteiger partial charge in [-0.2, -0.15) is 0 Å². The SMILES string of the molecule is CCOCCC([N+](=O)[O-])[N+](=O)[O-]. The van der Waals surface area contributed by atoms with E-state index in [4.69, 9.17) is 4.74 Å². The number of rotatable bonds is 6. The lowest BCUT2D eigenvalue weighted by Crippen LogP contribution is -2.29. The molecule has 0 fully saturated rings. The Balaban J connectivity index is 3.80. The molecule has 0 amide bonds. The van der Waals surface area contributed by atoms with Crippen molar-refractivity contribution in [3.8, 4) is 0 Å². The van der Waals surface area contributed by atoms with Crippen molar-refractivity contribution >= 4 is 0 Å². The monoisotopic (exact) mass is 178 g/mol. The van der Waals surface area contributed by atoms with Crippen LogP contribution in [0.5, 0.6) is 0 Å². The van der Waals surface area contributed by atoms with Gasteiger partial charge in [0.2, 0.25) is 0 Å². The summed E-state index contributed by atoms with van der Waals surface area (Å²) in [5.41, 5.74) is 0. The van der Waals surface area contributed by atoms with Gasteiger partial charge in [-0.05, 0) is 6.92 Å². The average molecular weight is 178 g/mol. The van der Waals surface area contributed by atoms with Gasteiger partial charge in [-0.15, -0.1) is 0 Å². The van der Waals surface area contributed by atoms with E-state index in [9.17, 15) is 20.2 Å². The molecule has 0 saturated heterocycles. The van der Waals surface area contributed by atoms with Crippen molar-refractivity contribution in [2.45, 2.75) is 19.5 Å². The zero-order chi connectivity index (χ0) is 9.56. The quantitative estimate of drug-likeness (QED) is 0.252. The molecule has 0 aromatic carbocycles. The van der Waals surface area contributed by atoms with Crippen LogP contribution in [-0.4, -0.2) is 29.2 Å². The third kappa shape index (κ3) is 3.81. The maximum atomic E-state index is 10.0. The van der Waals surface area contributed by atoms with Gasteiger partial charge in [0.1, 0.15) is 6.42 Å². The smallest absolute Gasteiger partial charge is 0.381 e. The molecule has 0 bridgehead atoms. The highest BCUT2D eigenvalue weighted by atomic mass is 16.7. The van der Waals surface area contributed by atoms with Crippen LogP contribution in [-0.2, 0) is 4.74 Å². The summed E-state index contributed by atoms with van der Waals surface area (Å²) in [5.74, 6) is 0. The molecular formula is C5H10N2O5. The topological polar surface area (TPSA) is 95.5 Å². The van der Waals surface area contributed by atoms with Gasteiger partial charge in [0.25, 0.3) is 0 Å². The fourth-order valence-corrected chi connectivity index (χ4v) is 0.621. The number of ether oxygens (including phenoxy) is 1. The Morgan fingerprint density at radius 1 is 1.33 bits per heavy atom. The van der Waals surface area contributed by atoms with Gasteiger partial charge in [0.15, 0.2) is 0 Å². The Kier molecular flexibility index (Phi) is 4.86. The zero-order valence-corrected chi connectivity index (χ0v) is 6.63. The Hall–Kier alpha value is -1.24. The Morgan fingerprint density at radius 3 is 2.17 bits per heavy atom. The molecule has 0 heterocycles. The Bertz CT molecular complexity index is 157. The minimum absolute atomic E-state index is 0.0448. The second-order valence-electron chi connectivity index (χ2n) is 2.04. The highest BCUT2D eigenvalue weighted by Gasteiger charge is 2.31. The van der Waals surface area contributed by atoms with Gasteiger partial charge in [0.05, 0.1) is 16.5 Å². The van der Waals surface area contributed by atoms with Gasteiger partial charge in [-0.1, -0.05) is 0 Å². The van der Waals surface area contributed by atoms with E-state index < -0.39 is 16.0 Å². The lowest BCUT2D eigenvalue weighted by atomic mass is 10.4. The molecule has 0 atom stereocenters. The summed E-state index contributed by atoms with van der Waals surface area (Å²) in [7, 11) is 0. The van der Waals surface area contributed by atoms with Crippen molar-refractivity contribution in [3.63, 3.8) is 0 Å². The fourth-order valence-electron chi connectivity index (χ4n) is 0.621. The zero-order valence-electron chi connectivity index (χ0n) is 6.63. The van der Waals surface area contributed by atoms with Gasteiger partial charge in [0, 0.05) is 6.61 Å². The van der Waals surface area contributed by atoms with Crippen molar-refractivity contribution in [1.29, 1.82) is 0 Å². The van der Waals surface area contributed by atoms with Crippen molar-refractivity contribution < 1.29 is 14.6 Å². The molecule has 0 spiro atoms. The fraction of sp³-hybridized carbons (Fsp3) is 1.00. The van der Waals surface area contributed by atoms with Crippen LogP contribution in [0.2, 0.25) is 0 Å². The first-order chi connectivity index (χ1) is 5.59. The van der Waals surface area contributed by atoms with Gasteiger partial charge >= 0.3 is 6.17 Å². The van der Waals surface area contributed by atoms with E-state index in [-0.39, 0.29) is 13.0 Å². The predicted molar refractivity (Wildman–Crippen MR) is 38.9 cm³/mol. The lowest BCUT2D eigenvalue weighted by Gasteiger charge is -2.01. The molecule has 7 nitrogen and oxygen atoms in total. The Morgan fingerprint density at radius 2 is 1.83 bits per heavy atom. The molecule has 7 heteroatoms. The molecule has 0 aromatic heterocycles. The van der Waals surface area contributed by atoms with Crippen molar-refractivity contribution in [2.75, 3.05) is 13.2 Å². The van der Waals surface area contributed by atoms with Gasteiger partial charge < -0.3 is 4.74 Å². The molecule has 0 unspecified atom stereocenters. The summed E-state index contributed by atoms with van der Waals surface area (Å²) in [6, 6.07) is 0. The third-order valence-corrected chi connectivity index (χ3v) is 1.21. The van der Waals surface area contributed by atoms with E-state index in [1.165, 1.54) is 0 Å². The van der Waals surface area contributed by atoms with Crippen molar-refractivity contribution in [3.05, 3.63) is 20.2 Å². The van der Waals surface area contributed by atoms with Crippen LogP contribution in [0.25, 0.3) is 0 Å². The summed E-state index contributed by atoms with van der Waals surface area (Å²) < 4.78 is 4.76. The molecular weight excluding hydrogens is 168 g/mol. The second-order valence-corrected chi connectivity index (χ2v) is 2.04. The van der Waals surface area contributed by atoms with E-state index >= 15 is 0 Å². The molecule has 0 radical (unpaired) electrons. The van der Waals surface area contributed by atoms with Crippen LogP contribution >= 0.6 is 0 Å². The van der Waals surface area contributed by atoms with Crippen LogP contribution in [0.4, 0.5) is 0 Å². The van der Waals surface area contributed by atoms with E-state index in [1.54, 1.807) is 6.92 Å². The highest BCUT2D eigenvalue weighted by molar-refractivity contribution is 4.40. The average Bonchev–Trinajstić information content (AvgIpc) is 1.96. The maximum Gasteiger partial charge on any atom is 0.453 e. The van der Waals surface area contributed by atoms with Crippen molar-refractivity contribution in [2.24, 2.45) is 0 Å². The molecule has 0 N–H and O–H groups in total. The van der Waals surface area contributed by atoms with Crippen LogP contribution < -0.4 is 0 Å². The first-order valence-corrected chi connectivity index (χ1v) is 3.44. The van der Waals surface area contributed by atoms with Crippen LogP contribution in [0.3, 0.4) is 0 Å². The summed E-state index contributed by atoms with van der Waals surface area (Å²) in [6.07, 6.45) is -1.93. The molecule has 12 heavy (non-hydrogen) atoms. The molecule has 0 aliphatic carbocycles. The van der Waals surface area contributed by atoms with Crippen molar-refractivity contribution in [1.82, 2.24) is 0 Å². The summed E-state index contributed by atoms with van der Waals surface area (Å²) in [4.78, 5) is 18.3. The maximum absolute atomic E-state index is 10.0. The number of hydrogen-bond donors (Lipinski definition) is 0. The molecule has 0 saturated carbocycles. The van der Waals surface area contributed by atoms with E-state index in [0.29, 0.717) is 6.61 Å². The lowest BCUT2D eigenvalue weighted by molar-refractivity contribution is -0.743. The first kappa shape index (κ1) is 10.8. The summed E-state index contributed by atoms with van der Waals surface area (Å²) in [5, 5.41) is 20.1. The molecule has 0 aliphatic heterocycles. The van der Waals surface area contributed by atoms with E-state index in [2.05, 4.69) is 0 Å². The Labute approximate surface area is 68.6 Å². The van der Waals surface area contributed by atoms with Gasteiger partial charge in [-0.3, -0.25) is 20.2 Å². The standard InChI is InChI=1S/C5H10N2O5/c1-2-12-4-3-5(6(8)9)7(10)11/h5H,2-4H2,1H3. The minimum atomic E-state index is -1.74. The van der Waals surface area contributed by atoms with Crippen LogP contribution in [0, 0.1) is 20.2 Å². The first-order valence-electron chi connectivity index (χ1n) is 3.44. The highest BCUT2D eigenvalue weighted by Crippen LogP contribution is 1.98. The molecule has 0 aliphatic rings. The largest absolute Gasteiger partial charge is 0.453 e. The van der Waals surface area contributed by atoms with Gasteiger partial charge in [-0.25, -0.2) is 0 Å². The summed E-state index contributed by atoms with van der Waals surface area (Å²) >= 11 is 0. The van der Waals surface area contributed by atoms with Crippen LogP contribution in [0.15, 0.2) is 0 Å².